The molecule has 1 rings (SSSR count). The largest absolute Gasteiger partial charge is 0.383 e. The summed E-state index contributed by atoms with van der Waals surface area (Å²) < 4.78 is 4.87. The second kappa shape index (κ2) is 7.40. The summed E-state index contributed by atoms with van der Waals surface area (Å²) in [6.45, 7) is 1.97. The van der Waals surface area contributed by atoms with Gasteiger partial charge in [0, 0.05) is 20.1 Å². The number of carbonyl (C=O) groups is 2. The van der Waals surface area contributed by atoms with Crippen LogP contribution in [0, 0.1) is 0 Å². The minimum atomic E-state index is -0.330. The molecule has 1 aromatic rings. The van der Waals surface area contributed by atoms with Crippen molar-refractivity contribution in [1.82, 2.24) is 4.90 Å². The summed E-state index contributed by atoms with van der Waals surface area (Å²) >= 11 is 0. The summed E-state index contributed by atoms with van der Waals surface area (Å²) in [6.07, 6.45) is 3.08. The van der Waals surface area contributed by atoms with Crippen molar-refractivity contribution in [2.24, 2.45) is 0 Å². The van der Waals surface area contributed by atoms with Crippen molar-refractivity contribution in [1.29, 1.82) is 0 Å². The van der Waals surface area contributed by atoms with Crippen LogP contribution >= 0.6 is 0 Å². The van der Waals surface area contributed by atoms with Crippen molar-refractivity contribution < 1.29 is 14.3 Å². The Hall–Kier alpha value is -1.94. The van der Waals surface area contributed by atoms with Crippen LogP contribution in [-0.2, 0) is 14.3 Å². The summed E-state index contributed by atoms with van der Waals surface area (Å²) in [4.78, 5) is 24.3. The summed E-state index contributed by atoms with van der Waals surface area (Å²) in [5.74, 6) is -0.613. The Balaban J connectivity index is 2.67. The van der Waals surface area contributed by atoms with Gasteiger partial charge >= 0.3 is 0 Å². The number of nitrogens with zero attached hydrogens (tertiary/aromatic N) is 1. The van der Waals surface area contributed by atoms with Gasteiger partial charge in [0.2, 0.25) is 5.91 Å². The van der Waals surface area contributed by atoms with E-state index in [2.05, 4.69) is 0 Å². The lowest BCUT2D eigenvalue weighted by molar-refractivity contribution is -0.141. The van der Waals surface area contributed by atoms with Crippen molar-refractivity contribution in [2.45, 2.75) is 6.92 Å². The van der Waals surface area contributed by atoms with E-state index in [0.717, 1.165) is 10.5 Å². The number of hydrogen-bond donors (Lipinski definition) is 0. The molecule has 4 nitrogen and oxygen atoms in total. The molecule has 96 valence electrons. The van der Waals surface area contributed by atoms with E-state index in [4.69, 9.17) is 4.74 Å². The van der Waals surface area contributed by atoms with Crippen LogP contribution in [0.4, 0.5) is 0 Å². The summed E-state index contributed by atoms with van der Waals surface area (Å²) in [6, 6.07) is 9.45. The van der Waals surface area contributed by atoms with E-state index in [1.165, 1.54) is 20.1 Å². The Morgan fingerprint density at radius 1 is 1.28 bits per heavy atom. The molecule has 0 saturated carbocycles. The molecule has 0 unspecified atom stereocenters. The van der Waals surface area contributed by atoms with Gasteiger partial charge in [-0.25, -0.2) is 0 Å². The zero-order valence-corrected chi connectivity index (χ0v) is 10.6. The maximum Gasteiger partial charge on any atom is 0.253 e. The van der Waals surface area contributed by atoms with Gasteiger partial charge in [-0.3, -0.25) is 14.5 Å². The average molecular weight is 247 g/mol. The highest BCUT2D eigenvalue weighted by molar-refractivity contribution is 6.02. The van der Waals surface area contributed by atoms with Gasteiger partial charge in [-0.05, 0) is 11.6 Å². The molecule has 0 fully saturated rings. The van der Waals surface area contributed by atoms with Crippen LogP contribution in [-0.4, -0.2) is 37.0 Å². The smallest absolute Gasteiger partial charge is 0.253 e. The molecule has 0 aliphatic carbocycles. The van der Waals surface area contributed by atoms with Crippen molar-refractivity contribution in [3.8, 4) is 0 Å². The number of ether oxygens (including phenoxy) is 1. The fraction of sp³-hybridized carbons (Fsp3) is 0.286. The number of carbonyl (C=O) groups excluding carboxylic acids is 2. The molecule has 0 aliphatic rings. The predicted octanol–water partition coefficient (Wildman–Crippen LogP) is 1.72. The van der Waals surface area contributed by atoms with Crippen LogP contribution in [0.3, 0.4) is 0 Å². The number of benzene rings is 1. The topological polar surface area (TPSA) is 46.6 Å². The Labute approximate surface area is 107 Å². The molecule has 0 spiro atoms. The minimum absolute atomic E-state index is 0.268. The van der Waals surface area contributed by atoms with Gasteiger partial charge in [0.25, 0.3) is 5.91 Å². The third kappa shape index (κ3) is 4.51. The van der Waals surface area contributed by atoms with E-state index in [0.29, 0.717) is 6.61 Å². The molecular weight excluding hydrogens is 230 g/mol. The lowest BCUT2D eigenvalue weighted by Gasteiger charge is -2.16. The van der Waals surface area contributed by atoms with Crippen LogP contribution in [0.1, 0.15) is 12.5 Å². The Kier molecular flexibility index (Phi) is 5.80. The van der Waals surface area contributed by atoms with Gasteiger partial charge in [0.15, 0.2) is 0 Å². The van der Waals surface area contributed by atoms with E-state index in [-0.39, 0.29) is 18.4 Å². The van der Waals surface area contributed by atoms with Crippen LogP contribution in [0.5, 0.6) is 0 Å². The average Bonchev–Trinajstić information content (AvgIpc) is 2.37. The first-order valence-corrected chi connectivity index (χ1v) is 5.69. The molecule has 0 aliphatic heterocycles. The molecule has 1 aromatic carbocycles. The fourth-order valence-corrected chi connectivity index (χ4v) is 1.43. The first-order valence-electron chi connectivity index (χ1n) is 5.69. The van der Waals surface area contributed by atoms with Crippen LogP contribution in [0.15, 0.2) is 36.4 Å². The third-order valence-electron chi connectivity index (χ3n) is 2.38. The summed E-state index contributed by atoms with van der Waals surface area (Å²) in [5.41, 5.74) is 0.918. The number of amides is 2. The lowest BCUT2D eigenvalue weighted by Crippen LogP contribution is -2.36. The quantitative estimate of drug-likeness (QED) is 0.744. The van der Waals surface area contributed by atoms with E-state index in [9.17, 15) is 9.59 Å². The molecule has 4 heteroatoms. The predicted molar refractivity (Wildman–Crippen MR) is 69.7 cm³/mol. The Morgan fingerprint density at radius 3 is 2.50 bits per heavy atom. The number of imide groups is 1. The SMILES string of the molecule is COCCN(C(C)=O)C(=O)C=Cc1ccccc1. The second-order valence-electron chi connectivity index (χ2n) is 3.75. The highest BCUT2D eigenvalue weighted by Gasteiger charge is 2.14. The number of hydrogen-bond acceptors (Lipinski definition) is 3. The van der Waals surface area contributed by atoms with Crippen molar-refractivity contribution in [3.05, 3.63) is 42.0 Å². The normalized spacial score (nSPS) is 10.6. The molecule has 0 N–H and O–H groups in total. The standard InChI is InChI=1S/C14H17NO3/c1-12(16)15(10-11-18-2)14(17)9-8-13-6-4-3-5-7-13/h3-9H,10-11H2,1-2H3. The van der Waals surface area contributed by atoms with Gasteiger partial charge in [-0.15, -0.1) is 0 Å². The van der Waals surface area contributed by atoms with E-state index in [1.54, 1.807) is 6.08 Å². The van der Waals surface area contributed by atoms with E-state index < -0.39 is 0 Å². The number of rotatable bonds is 5. The molecule has 0 radical (unpaired) electrons. The highest BCUT2D eigenvalue weighted by Crippen LogP contribution is 2.02. The monoisotopic (exact) mass is 247 g/mol. The summed E-state index contributed by atoms with van der Waals surface area (Å²) in [5, 5.41) is 0. The summed E-state index contributed by atoms with van der Waals surface area (Å²) in [7, 11) is 1.53. The van der Waals surface area contributed by atoms with Crippen molar-refractivity contribution >= 4 is 17.9 Å². The van der Waals surface area contributed by atoms with Gasteiger partial charge in [-0.1, -0.05) is 30.3 Å². The van der Waals surface area contributed by atoms with E-state index >= 15 is 0 Å². The van der Waals surface area contributed by atoms with Crippen LogP contribution < -0.4 is 0 Å². The minimum Gasteiger partial charge on any atom is -0.383 e. The van der Waals surface area contributed by atoms with Gasteiger partial charge in [0.05, 0.1) is 13.2 Å². The first-order chi connectivity index (χ1) is 8.65. The van der Waals surface area contributed by atoms with Crippen molar-refractivity contribution in [3.63, 3.8) is 0 Å². The third-order valence-corrected chi connectivity index (χ3v) is 2.38. The van der Waals surface area contributed by atoms with Crippen LogP contribution in [0.2, 0.25) is 0 Å². The zero-order chi connectivity index (χ0) is 13.4. The number of methoxy groups -OCH3 is 1. The molecule has 0 atom stereocenters. The maximum atomic E-state index is 11.8. The molecule has 18 heavy (non-hydrogen) atoms. The zero-order valence-electron chi connectivity index (χ0n) is 10.6. The van der Waals surface area contributed by atoms with Gasteiger partial charge in [0.1, 0.15) is 0 Å². The highest BCUT2D eigenvalue weighted by atomic mass is 16.5. The molecule has 0 bridgehead atoms. The van der Waals surface area contributed by atoms with E-state index in [1.807, 2.05) is 30.3 Å². The van der Waals surface area contributed by atoms with Gasteiger partial charge < -0.3 is 4.74 Å². The Bertz CT molecular complexity index is 426. The van der Waals surface area contributed by atoms with Crippen LogP contribution in [0.25, 0.3) is 6.08 Å². The first kappa shape index (κ1) is 14.1. The molecule has 0 aromatic heterocycles. The molecule has 0 heterocycles. The Morgan fingerprint density at radius 2 is 1.94 bits per heavy atom. The maximum absolute atomic E-state index is 11.8. The lowest BCUT2D eigenvalue weighted by atomic mass is 10.2. The second-order valence-corrected chi connectivity index (χ2v) is 3.75. The molecule has 2 amide bonds. The fourth-order valence-electron chi connectivity index (χ4n) is 1.43. The van der Waals surface area contributed by atoms with Crippen molar-refractivity contribution in [2.75, 3.05) is 20.3 Å². The molecule has 0 saturated heterocycles. The van der Waals surface area contributed by atoms with Gasteiger partial charge in [-0.2, -0.15) is 0 Å². The molecular formula is C14H17NO3.